The fourth-order valence-corrected chi connectivity index (χ4v) is 6.51. The summed E-state index contributed by atoms with van der Waals surface area (Å²) in [5.41, 5.74) is 6.20. The number of carboxylic acids is 1. The van der Waals surface area contributed by atoms with Gasteiger partial charge in [0.05, 0.1) is 0 Å². The average Bonchev–Trinajstić information content (AvgIpc) is 2.42. The molecule has 1 saturated heterocycles. The molecule has 0 spiro atoms. The van der Waals surface area contributed by atoms with Crippen LogP contribution in [0, 0.1) is 5.92 Å². The number of amides is 2. The van der Waals surface area contributed by atoms with Gasteiger partial charge in [-0.05, 0) is 32.2 Å². The molecule has 6 N–H and O–H groups in total. The second-order valence-electron chi connectivity index (χ2n) is 6.22. The van der Waals surface area contributed by atoms with Crippen molar-refractivity contribution in [3.63, 3.8) is 0 Å². The van der Waals surface area contributed by atoms with Crippen molar-refractivity contribution in [3.8, 4) is 0 Å². The molecule has 0 aromatic rings. The van der Waals surface area contributed by atoms with Gasteiger partial charge in [0.2, 0.25) is 0 Å². The Morgan fingerprint density at radius 3 is 2.61 bits per heavy atom. The summed E-state index contributed by atoms with van der Waals surface area (Å²) in [5.74, 6) is -0.688. The fraction of sp³-hybridized carbons (Fsp3) is 0.857. The number of likely N-dealkylation sites (N-methyl/N-ethyl adjacent to an activating group) is 1. The minimum atomic E-state index is -0.770. The minimum absolute atomic E-state index is 0.0456. The predicted molar refractivity (Wildman–Crippen MR) is 94.6 cm³/mol. The van der Waals surface area contributed by atoms with Crippen LogP contribution in [-0.2, 0) is 4.79 Å². The van der Waals surface area contributed by atoms with Crippen LogP contribution in [0.4, 0.5) is 4.79 Å². The highest BCUT2D eigenvalue weighted by molar-refractivity contribution is 8.80. The maximum Gasteiger partial charge on any atom is 0.315 e. The molecule has 2 aliphatic rings. The van der Waals surface area contributed by atoms with Crippen molar-refractivity contribution in [3.05, 3.63) is 0 Å². The maximum absolute atomic E-state index is 12.0. The van der Waals surface area contributed by atoms with Crippen molar-refractivity contribution < 1.29 is 14.7 Å². The van der Waals surface area contributed by atoms with Crippen molar-refractivity contribution in [1.82, 2.24) is 16.0 Å². The van der Waals surface area contributed by atoms with E-state index in [0.29, 0.717) is 36.4 Å². The van der Waals surface area contributed by atoms with Crippen LogP contribution in [0.3, 0.4) is 0 Å². The zero-order valence-corrected chi connectivity index (χ0v) is 14.9. The van der Waals surface area contributed by atoms with Crippen molar-refractivity contribution >= 4 is 33.6 Å². The molecule has 2 amide bonds. The lowest BCUT2D eigenvalue weighted by Gasteiger charge is -2.44. The second-order valence-corrected chi connectivity index (χ2v) is 8.91. The van der Waals surface area contributed by atoms with Crippen molar-refractivity contribution in [1.29, 1.82) is 0 Å². The first-order valence-electron chi connectivity index (χ1n) is 7.98. The Hall–Kier alpha value is -0.640. The highest BCUT2D eigenvalue weighted by Crippen LogP contribution is 2.55. The lowest BCUT2D eigenvalue weighted by atomic mass is 9.84. The molecule has 1 aliphatic heterocycles. The van der Waals surface area contributed by atoms with E-state index in [2.05, 4.69) is 16.0 Å². The highest BCUT2D eigenvalue weighted by atomic mass is 33.1. The summed E-state index contributed by atoms with van der Waals surface area (Å²) in [6.07, 6.45) is 2.42. The van der Waals surface area contributed by atoms with Crippen LogP contribution in [0.5, 0.6) is 0 Å². The number of nitrogens with one attached hydrogen (secondary N) is 3. The first-order valence-corrected chi connectivity index (χ1v) is 10.3. The van der Waals surface area contributed by atoms with Crippen molar-refractivity contribution in [2.45, 2.75) is 48.3 Å². The van der Waals surface area contributed by atoms with Gasteiger partial charge in [0.15, 0.2) is 0 Å². The average molecular weight is 363 g/mol. The SMILES string of the molecule is CNCCNC(=O)NC1CC(N)CC2SSC2C(CC(=O)O)C1. The quantitative estimate of drug-likeness (QED) is 0.347. The van der Waals surface area contributed by atoms with Gasteiger partial charge in [0.1, 0.15) is 0 Å². The lowest BCUT2D eigenvalue weighted by Crippen LogP contribution is -2.51. The van der Waals surface area contributed by atoms with E-state index in [9.17, 15) is 14.7 Å². The number of carbonyl (C=O) groups excluding carboxylic acids is 1. The summed E-state index contributed by atoms with van der Waals surface area (Å²) in [4.78, 5) is 23.1. The Morgan fingerprint density at radius 1 is 1.22 bits per heavy atom. The summed E-state index contributed by atoms with van der Waals surface area (Å²) in [7, 11) is 5.40. The molecular weight excluding hydrogens is 336 g/mol. The van der Waals surface area contributed by atoms with E-state index in [1.807, 2.05) is 17.8 Å². The van der Waals surface area contributed by atoms with Gasteiger partial charge >= 0.3 is 12.0 Å². The number of carboxylic acid groups (broad SMARTS) is 1. The van der Waals surface area contributed by atoms with Crippen LogP contribution in [0.1, 0.15) is 25.7 Å². The summed E-state index contributed by atoms with van der Waals surface area (Å²) in [6, 6.07) is -0.236. The number of fused-ring (bicyclic) bond motifs is 1. The van der Waals surface area contributed by atoms with Gasteiger partial charge in [0.25, 0.3) is 0 Å². The van der Waals surface area contributed by atoms with Crippen LogP contribution in [-0.4, -0.2) is 59.8 Å². The van der Waals surface area contributed by atoms with E-state index < -0.39 is 5.97 Å². The molecule has 0 aromatic heterocycles. The number of hydrogen-bond acceptors (Lipinski definition) is 6. The Bertz CT molecular complexity index is 427. The molecule has 0 bridgehead atoms. The predicted octanol–water partition coefficient (Wildman–Crippen LogP) is 0.608. The number of hydrogen-bond donors (Lipinski definition) is 5. The molecule has 9 heteroatoms. The van der Waals surface area contributed by atoms with E-state index >= 15 is 0 Å². The first kappa shape index (κ1) is 18.7. The molecule has 1 aliphatic carbocycles. The van der Waals surface area contributed by atoms with E-state index in [4.69, 9.17) is 5.73 Å². The molecule has 1 saturated carbocycles. The molecule has 7 nitrogen and oxygen atoms in total. The second kappa shape index (κ2) is 9.00. The topological polar surface area (TPSA) is 116 Å². The zero-order valence-electron chi connectivity index (χ0n) is 13.3. The summed E-state index contributed by atoms with van der Waals surface area (Å²) in [6.45, 7) is 1.26. The van der Waals surface area contributed by atoms with E-state index in [0.717, 1.165) is 6.42 Å². The van der Waals surface area contributed by atoms with Crippen molar-refractivity contribution in [2.24, 2.45) is 11.7 Å². The van der Waals surface area contributed by atoms with Gasteiger partial charge in [-0.25, -0.2) is 4.79 Å². The zero-order chi connectivity index (χ0) is 16.8. The lowest BCUT2D eigenvalue weighted by molar-refractivity contribution is -0.138. The molecule has 132 valence electrons. The van der Waals surface area contributed by atoms with E-state index in [1.165, 1.54) is 0 Å². The molecule has 0 radical (unpaired) electrons. The Labute approximate surface area is 144 Å². The molecule has 2 rings (SSSR count). The number of nitrogens with two attached hydrogens (primary N) is 1. The fourth-order valence-electron chi connectivity index (χ4n) is 3.19. The Balaban J connectivity index is 1.93. The standard InChI is InChI=1S/C14H26N4O3S2/c1-16-2-3-17-14(21)18-10-4-8(5-12(19)20)13-11(22-23-13)7-9(15)6-10/h8-11,13,16H,2-7,15H2,1H3,(H,19,20)(H2,17,18,21). The summed E-state index contributed by atoms with van der Waals surface area (Å²) in [5, 5.41) is 18.7. The minimum Gasteiger partial charge on any atom is -0.481 e. The van der Waals surface area contributed by atoms with Crippen LogP contribution in [0.2, 0.25) is 0 Å². The largest absolute Gasteiger partial charge is 0.481 e. The van der Waals surface area contributed by atoms with Gasteiger partial charge in [0, 0.05) is 42.1 Å². The van der Waals surface area contributed by atoms with Gasteiger partial charge in [-0.3, -0.25) is 4.79 Å². The smallest absolute Gasteiger partial charge is 0.315 e. The first-order chi connectivity index (χ1) is 11.0. The number of urea groups is 1. The Kier molecular flexibility index (Phi) is 7.32. The van der Waals surface area contributed by atoms with Crippen LogP contribution in [0.25, 0.3) is 0 Å². The van der Waals surface area contributed by atoms with Gasteiger partial charge in [-0.15, -0.1) is 0 Å². The van der Waals surface area contributed by atoms with Crippen LogP contribution >= 0.6 is 21.6 Å². The van der Waals surface area contributed by atoms with E-state index in [-0.39, 0.29) is 30.5 Å². The van der Waals surface area contributed by atoms with Crippen molar-refractivity contribution in [2.75, 3.05) is 20.1 Å². The third-order valence-electron chi connectivity index (χ3n) is 4.26. The molecule has 23 heavy (non-hydrogen) atoms. The third-order valence-corrected chi connectivity index (χ3v) is 7.96. The summed E-state index contributed by atoms with van der Waals surface area (Å²) < 4.78 is 0. The van der Waals surface area contributed by atoms with E-state index in [1.54, 1.807) is 10.8 Å². The molecule has 0 aromatic carbocycles. The van der Waals surface area contributed by atoms with Gasteiger partial charge < -0.3 is 26.8 Å². The molecular formula is C14H26N4O3S2. The molecule has 5 unspecified atom stereocenters. The van der Waals surface area contributed by atoms with Gasteiger partial charge in [-0.2, -0.15) is 0 Å². The molecule has 2 fully saturated rings. The Morgan fingerprint density at radius 2 is 2.00 bits per heavy atom. The van der Waals surface area contributed by atoms with Crippen LogP contribution < -0.4 is 21.7 Å². The molecule has 5 atom stereocenters. The monoisotopic (exact) mass is 362 g/mol. The highest BCUT2D eigenvalue weighted by Gasteiger charge is 2.43. The van der Waals surface area contributed by atoms with Gasteiger partial charge in [-0.1, -0.05) is 21.6 Å². The van der Waals surface area contributed by atoms with Crippen LogP contribution in [0.15, 0.2) is 0 Å². The number of rotatable bonds is 6. The maximum atomic E-state index is 12.0. The molecule has 1 heterocycles. The third kappa shape index (κ3) is 5.74. The summed E-state index contributed by atoms with van der Waals surface area (Å²) >= 11 is 0. The number of aliphatic carboxylic acids is 1. The number of carbonyl (C=O) groups is 2. The normalized spacial score (nSPS) is 33.6.